The molecule has 0 aromatic heterocycles. The molecule has 2 aromatic rings. The smallest absolute Gasteiger partial charge is 0.0374 e. The van der Waals surface area contributed by atoms with Crippen LogP contribution >= 0.6 is 0 Å². The van der Waals surface area contributed by atoms with Crippen molar-refractivity contribution in [3.05, 3.63) is 64.7 Å². The number of rotatable bonds is 3. The van der Waals surface area contributed by atoms with E-state index in [0.29, 0.717) is 6.04 Å². The monoisotopic (exact) mass is 265 g/mol. The van der Waals surface area contributed by atoms with Crippen LogP contribution in [0.3, 0.4) is 0 Å². The standard InChI is InChI=1S/C19H23N/c1-13-8-9-15(3)19(10-13)20-17-11-16(12-17)18-7-5-4-6-14(18)2/h4-10,16-17,20H,11-12H2,1-3H3. The van der Waals surface area contributed by atoms with Crippen molar-refractivity contribution in [2.45, 2.75) is 45.6 Å². The molecule has 1 aliphatic rings. The minimum absolute atomic E-state index is 0.625. The third-order valence-corrected chi connectivity index (χ3v) is 4.52. The van der Waals surface area contributed by atoms with Gasteiger partial charge in [-0.05, 0) is 67.9 Å². The lowest BCUT2D eigenvalue weighted by molar-refractivity contribution is 0.373. The van der Waals surface area contributed by atoms with Gasteiger partial charge in [-0.3, -0.25) is 0 Å². The zero-order valence-electron chi connectivity index (χ0n) is 12.6. The summed E-state index contributed by atoms with van der Waals surface area (Å²) in [5.41, 5.74) is 6.94. The summed E-state index contributed by atoms with van der Waals surface area (Å²) in [6.07, 6.45) is 2.50. The van der Waals surface area contributed by atoms with E-state index in [4.69, 9.17) is 0 Å². The highest BCUT2D eigenvalue weighted by molar-refractivity contribution is 5.53. The molecule has 0 atom stereocenters. The van der Waals surface area contributed by atoms with Gasteiger partial charge in [-0.2, -0.15) is 0 Å². The highest BCUT2D eigenvalue weighted by Gasteiger charge is 2.31. The molecular weight excluding hydrogens is 242 g/mol. The molecule has 0 bridgehead atoms. The quantitative estimate of drug-likeness (QED) is 0.826. The number of nitrogens with one attached hydrogen (secondary N) is 1. The molecular formula is C19H23N. The van der Waals surface area contributed by atoms with Gasteiger partial charge in [0.25, 0.3) is 0 Å². The van der Waals surface area contributed by atoms with Crippen LogP contribution in [-0.4, -0.2) is 6.04 Å². The molecule has 0 amide bonds. The Balaban J connectivity index is 1.64. The Morgan fingerprint density at radius 3 is 2.40 bits per heavy atom. The lowest BCUT2D eigenvalue weighted by Gasteiger charge is -2.38. The Morgan fingerprint density at radius 2 is 1.65 bits per heavy atom. The van der Waals surface area contributed by atoms with Gasteiger partial charge < -0.3 is 5.32 Å². The van der Waals surface area contributed by atoms with Gasteiger partial charge in [0, 0.05) is 11.7 Å². The van der Waals surface area contributed by atoms with Crippen molar-refractivity contribution in [3.63, 3.8) is 0 Å². The zero-order valence-corrected chi connectivity index (χ0v) is 12.6. The van der Waals surface area contributed by atoms with Gasteiger partial charge in [0.05, 0.1) is 0 Å². The van der Waals surface area contributed by atoms with E-state index in [2.05, 4.69) is 68.6 Å². The first-order chi connectivity index (χ1) is 9.63. The van der Waals surface area contributed by atoms with Gasteiger partial charge in [0.2, 0.25) is 0 Å². The third kappa shape index (κ3) is 2.58. The van der Waals surface area contributed by atoms with Crippen LogP contribution in [0, 0.1) is 20.8 Å². The molecule has 0 spiro atoms. The van der Waals surface area contributed by atoms with Crippen molar-refractivity contribution >= 4 is 5.69 Å². The van der Waals surface area contributed by atoms with Crippen LogP contribution in [0.2, 0.25) is 0 Å². The summed E-state index contributed by atoms with van der Waals surface area (Å²) in [5, 5.41) is 3.71. The zero-order chi connectivity index (χ0) is 14.1. The summed E-state index contributed by atoms with van der Waals surface area (Å²) in [6.45, 7) is 6.56. The molecule has 0 aliphatic heterocycles. The molecule has 1 saturated carbocycles. The molecule has 0 saturated heterocycles. The second kappa shape index (κ2) is 5.32. The van der Waals surface area contributed by atoms with E-state index in [1.807, 2.05) is 0 Å². The first-order valence-corrected chi connectivity index (χ1v) is 7.53. The Kier molecular flexibility index (Phi) is 3.52. The van der Waals surface area contributed by atoms with Crippen LogP contribution in [-0.2, 0) is 0 Å². The van der Waals surface area contributed by atoms with Gasteiger partial charge in [0.15, 0.2) is 0 Å². The summed E-state index contributed by atoms with van der Waals surface area (Å²) in [7, 11) is 0. The highest BCUT2D eigenvalue weighted by atomic mass is 14.9. The van der Waals surface area contributed by atoms with Gasteiger partial charge in [-0.25, -0.2) is 0 Å². The van der Waals surface area contributed by atoms with E-state index in [1.165, 1.54) is 40.8 Å². The maximum atomic E-state index is 3.71. The number of aryl methyl sites for hydroxylation is 3. The fourth-order valence-electron chi connectivity index (χ4n) is 3.15. The molecule has 0 heterocycles. The van der Waals surface area contributed by atoms with Gasteiger partial charge in [-0.15, -0.1) is 0 Å². The molecule has 2 aromatic carbocycles. The second-order valence-electron chi connectivity index (χ2n) is 6.18. The van der Waals surface area contributed by atoms with Crippen molar-refractivity contribution in [1.82, 2.24) is 0 Å². The van der Waals surface area contributed by atoms with E-state index < -0.39 is 0 Å². The van der Waals surface area contributed by atoms with Crippen molar-refractivity contribution in [2.24, 2.45) is 0 Å². The Hall–Kier alpha value is -1.76. The summed E-state index contributed by atoms with van der Waals surface area (Å²) >= 11 is 0. The van der Waals surface area contributed by atoms with E-state index >= 15 is 0 Å². The van der Waals surface area contributed by atoms with Gasteiger partial charge in [0.1, 0.15) is 0 Å². The van der Waals surface area contributed by atoms with Crippen LogP contribution in [0.25, 0.3) is 0 Å². The van der Waals surface area contributed by atoms with E-state index in [-0.39, 0.29) is 0 Å². The first kappa shape index (κ1) is 13.2. The van der Waals surface area contributed by atoms with Crippen LogP contribution in [0.5, 0.6) is 0 Å². The second-order valence-corrected chi connectivity index (χ2v) is 6.18. The van der Waals surface area contributed by atoms with E-state index in [0.717, 1.165) is 5.92 Å². The first-order valence-electron chi connectivity index (χ1n) is 7.53. The lowest BCUT2D eigenvalue weighted by atomic mass is 9.74. The summed E-state index contributed by atoms with van der Waals surface area (Å²) < 4.78 is 0. The summed E-state index contributed by atoms with van der Waals surface area (Å²) in [4.78, 5) is 0. The van der Waals surface area contributed by atoms with Crippen LogP contribution in [0.15, 0.2) is 42.5 Å². The number of benzene rings is 2. The minimum Gasteiger partial charge on any atom is -0.382 e. The number of anilines is 1. The van der Waals surface area contributed by atoms with E-state index in [9.17, 15) is 0 Å². The average Bonchev–Trinajstić information content (AvgIpc) is 2.38. The third-order valence-electron chi connectivity index (χ3n) is 4.52. The molecule has 1 N–H and O–H groups in total. The maximum Gasteiger partial charge on any atom is 0.0374 e. The summed E-state index contributed by atoms with van der Waals surface area (Å²) in [5.74, 6) is 0.735. The molecule has 1 aliphatic carbocycles. The maximum absolute atomic E-state index is 3.71. The van der Waals surface area contributed by atoms with E-state index in [1.54, 1.807) is 0 Å². The predicted molar refractivity (Wildman–Crippen MR) is 86.5 cm³/mol. The number of hydrogen-bond acceptors (Lipinski definition) is 1. The molecule has 1 heteroatoms. The Labute approximate surface area is 122 Å². The fraction of sp³-hybridized carbons (Fsp3) is 0.368. The van der Waals surface area contributed by atoms with Crippen molar-refractivity contribution < 1.29 is 0 Å². The van der Waals surface area contributed by atoms with Crippen molar-refractivity contribution in [1.29, 1.82) is 0 Å². The Morgan fingerprint density at radius 1 is 0.900 bits per heavy atom. The minimum atomic E-state index is 0.625. The van der Waals surface area contributed by atoms with Gasteiger partial charge in [-0.1, -0.05) is 36.4 Å². The van der Waals surface area contributed by atoms with Crippen LogP contribution in [0.4, 0.5) is 5.69 Å². The molecule has 0 radical (unpaired) electrons. The Bertz CT molecular complexity index is 609. The molecule has 1 fully saturated rings. The largest absolute Gasteiger partial charge is 0.382 e. The molecule has 0 unspecified atom stereocenters. The van der Waals surface area contributed by atoms with Gasteiger partial charge >= 0.3 is 0 Å². The van der Waals surface area contributed by atoms with Crippen molar-refractivity contribution in [2.75, 3.05) is 5.32 Å². The lowest BCUT2D eigenvalue weighted by Crippen LogP contribution is -2.34. The summed E-state index contributed by atoms with van der Waals surface area (Å²) in [6, 6.07) is 16.1. The molecule has 20 heavy (non-hydrogen) atoms. The number of hydrogen-bond donors (Lipinski definition) is 1. The SMILES string of the molecule is Cc1ccc(C)c(NC2CC(c3ccccc3C)C2)c1. The average molecular weight is 265 g/mol. The van der Waals surface area contributed by atoms with Crippen molar-refractivity contribution in [3.8, 4) is 0 Å². The topological polar surface area (TPSA) is 12.0 Å². The normalized spacial score (nSPS) is 21.4. The molecule has 3 rings (SSSR count). The molecule has 1 nitrogen and oxygen atoms in total. The fourth-order valence-corrected chi connectivity index (χ4v) is 3.15. The van der Waals surface area contributed by atoms with Crippen LogP contribution in [0.1, 0.15) is 41.0 Å². The van der Waals surface area contributed by atoms with Crippen LogP contribution < -0.4 is 5.32 Å². The predicted octanol–water partition coefficient (Wildman–Crippen LogP) is 4.97. The highest BCUT2D eigenvalue weighted by Crippen LogP contribution is 2.40. The molecule has 104 valence electrons.